The fourth-order valence-corrected chi connectivity index (χ4v) is 3.06. The van der Waals surface area contributed by atoms with Crippen molar-refractivity contribution in [2.75, 3.05) is 11.9 Å². The fraction of sp³-hybridized carbons (Fsp3) is 0.316. The van der Waals surface area contributed by atoms with Gasteiger partial charge in [-0.25, -0.2) is 17.5 Å². The van der Waals surface area contributed by atoms with Crippen molar-refractivity contribution in [3.05, 3.63) is 65.5 Å². The van der Waals surface area contributed by atoms with Crippen LogP contribution in [0.4, 0.5) is 10.1 Å². The number of amides is 1. The number of rotatable bonds is 7. The van der Waals surface area contributed by atoms with Gasteiger partial charge in [-0.1, -0.05) is 31.2 Å². The summed E-state index contributed by atoms with van der Waals surface area (Å²) in [6, 6.07) is 12.8. The van der Waals surface area contributed by atoms with Gasteiger partial charge in [0.1, 0.15) is 5.82 Å². The molecule has 0 aliphatic heterocycles. The first-order valence-corrected chi connectivity index (χ1v) is 9.89. The zero-order valence-electron chi connectivity index (χ0n) is 15.0. The molecule has 1 unspecified atom stereocenters. The van der Waals surface area contributed by atoms with E-state index in [9.17, 15) is 17.6 Å². The zero-order chi connectivity index (χ0) is 19.3. The van der Waals surface area contributed by atoms with Crippen molar-refractivity contribution in [3.63, 3.8) is 0 Å². The van der Waals surface area contributed by atoms with Crippen LogP contribution >= 0.6 is 0 Å². The molecule has 1 amide bonds. The van der Waals surface area contributed by atoms with Gasteiger partial charge < -0.3 is 5.32 Å². The lowest BCUT2D eigenvalue weighted by molar-refractivity contribution is 0.102. The summed E-state index contributed by atoms with van der Waals surface area (Å²) in [5.74, 6) is -0.953. The number of benzene rings is 2. The average Bonchev–Trinajstić information content (AvgIpc) is 2.61. The molecule has 0 fully saturated rings. The molecule has 26 heavy (non-hydrogen) atoms. The van der Waals surface area contributed by atoms with Crippen molar-refractivity contribution < 1.29 is 17.6 Å². The molecule has 1 atom stereocenters. The van der Waals surface area contributed by atoms with Crippen LogP contribution < -0.4 is 10.0 Å². The molecule has 7 heteroatoms. The maximum absolute atomic E-state index is 13.6. The van der Waals surface area contributed by atoms with Crippen molar-refractivity contribution in [3.8, 4) is 0 Å². The molecule has 0 aliphatic carbocycles. The van der Waals surface area contributed by atoms with Gasteiger partial charge in [0, 0.05) is 12.1 Å². The molecule has 2 rings (SSSR count). The lowest BCUT2D eigenvalue weighted by Gasteiger charge is -2.15. The van der Waals surface area contributed by atoms with Crippen LogP contribution in [0.25, 0.3) is 0 Å². The molecule has 0 saturated carbocycles. The highest BCUT2D eigenvalue weighted by Gasteiger charge is 2.17. The molecular weight excluding hydrogens is 355 g/mol. The molecule has 0 spiro atoms. The van der Waals surface area contributed by atoms with Gasteiger partial charge in [-0.15, -0.1) is 0 Å². The van der Waals surface area contributed by atoms with E-state index in [1.54, 1.807) is 50.2 Å². The third-order valence-electron chi connectivity index (χ3n) is 4.08. The molecule has 2 N–H and O–H groups in total. The summed E-state index contributed by atoms with van der Waals surface area (Å²) in [6.07, 6.45) is 0. The largest absolute Gasteiger partial charge is 0.319 e. The number of sulfonamides is 1. The third kappa shape index (κ3) is 5.12. The van der Waals surface area contributed by atoms with E-state index >= 15 is 0 Å². The Balaban J connectivity index is 2.01. The number of halogens is 1. The summed E-state index contributed by atoms with van der Waals surface area (Å²) < 4.78 is 39.8. The molecule has 140 valence electrons. The first-order valence-electron chi connectivity index (χ1n) is 8.35. The first kappa shape index (κ1) is 20.1. The van der Waals surface area contributed by atoms with E-state index in [0.29, 0.717) is 5.56 Å². The Hall–Kier alpha value is -2.25. The Morgan fingerprint density at radius 3 is 2.23 bits per heavy atom. The number of carbonyl (C=O) groups excluding carboxylic acids is 1. The summed E-state index contributed by atoms with van der Waals surface area (Å²) in [5.41, 5.74) is 1.42. The number of carbonyl (C=O) groups is 1. The van der Waals surface area contributed by atoms with Crippen LogP contribution in [0.2, 0.25) is 0 Å². The predicted octanol–water partition coefficient (Wildman–Crippen LogP) is 3.51. The minimum Gasteiger partial charge on any atom is -0.319 e. The minimum atomic E-state index is -3.31. The van der Waals surface area contributed by atoms with Gasteiger partial charge in [0.25, 0.3) is 5.91 Å². The average molecular weight is 378 g/mol. The Morgan fingerprint density at radius 2 is 1.65 bits per heavy atom. The molecule has 0 aliphatic rings. The smallest absolute Gasteiger partial charge is 0.255 e. The van der Waals surface area contributed by atoms with Gasteiger partial charge in [-0.05, 0) is 49.6 Å². The zero-order valence-corrected chi connectivity index (χ0v) is 15.8. The second kappa shape index (κ2) is 8.42. The fourth-order valence-electron chi connectivity index (χ4n) is 2.25. The first-order chi connectivity index (χ1) is 12.2. The van der Waals surface area contributed by atoms with E-state index in [1.807, 2.05) is 6.92 Å². The molecule has 0 saturated heterocycles. The van der Waals surface area contributed by atoms with E-state index in [0.717, 1.165) is 5.56 Å². The second-order valence-corrected chi connectivity index (χ2v) is 8.72. The number of anilines is 1. The quantitative estimate of drug-likeness (QED) is 0.774. The minimum absolute atomic E-state index is 0.0489. The van der Waals surface area contributed by atoms with Crippen LogP contribution in [0.15, 0.2) is 48.5 Å². The van der Waals surface area contributed by atoms with Crippen LogP contribution in [0.1, 0.15) is 42.6 Å². The van der Waals surface area contributed by atoms with Crippen molar-refractivity contribution in [2.45, 2.75) is 31.9 Å². The van der Waals surface area contributed by atoms with Crippen LogP contribution in [0.5, 0.6) is 0 Å². The highest BCUT2D eigenvalue weighted by atomic mass is 32.2. The molecule has 0 radical (unpaired) electrons. The van der Waals surface area contributed by atoms with Gasteiger partial charge in [0.2, 0.25) is 10.0 Å². The summed E-state index contributed by atoms with van der Waals surface area (Å²) >= 11 is 0. The van der Waals surface area contributed by atoms with E-state index < -0.39 is 27.0 Å². The highest BCUT2D eigenvalue weighted by Crippen LogP contribution is 2.18. The predicted molar refractivity (Wildman–Crippen MR) is 101 cm³/mol. The molecule has 0 bridgehead atoms. The number of hydrogen-bond acceptors (Lipinski definition) is 3. The molecule has 2 aromatic rings. The molecule has 2 aromatic carbocycles. The van der Waals surface area contributed by atoms with Crippen molar-refractivity contribution in [1.29, 1.82) is 0 Å². The molecule has 0 heterocycles. The standard InChI is InChI=1S/C19H23FN2O3S/c1-13(2)26(24,25)21-12-14(3)15-8-10-16(11-9-15)19(23)22-18-7-5-4-6-17(18)20/h4-11,13-14,21H,12H2,1-3H3,(H,22,23). The lowest BCUT2D eigenvalue weighted by Crippen LogP contribution is -2.33. The van der Waals surface area contributed by atoms with Crippen molar-refractivity contribution in [1.82, 2.24) is 4.72 Å². The Kier molecular flexibility index (Phi) is 6.50. The van der Waals surface area contributed by atoms with E-state index in [1.165, 1.54) is 12.1 Å². The van der Waals surface area contributed by atoms with Gasteiger partial charge in [-0.3, -0.25) is 4.79 Å². The van der Waals surface area contributed by atoms with Crippen LogP contribution in [-0.4, -0.2) is 26.1 Å². The number of para-hydroxylation sites is 1. The maximum atomic E-state index is 13.6. The SMILES string of the molecule is CC(CNS(=O)(=O)C(C)C)c1ccc(C(=O)Nc2ccccc2F)cc1. The summed E-state index contributed by atoms with van der Waals surface area (Å²) in [4.78, 5) is 12.2. The molecule has 0 aromatic heterocycles. The van der Waals surface area contributed by atoms with Crippen LogP contribution in [0, 0.1) is 5.82 Å². The van der Waals surface area contributed by atoms with Gasteiger partial charge in [-0.2, -0.15) is 0 Å². The summed E-state index contributed by atoms with van der Waals surface area (Å²) in [7, 11) is -3.31. The number of nitrogens with one attached hydrogen (secondary N) is 2. The van der Waals surface area contributed by atoms with E-state index in [2.05, 4.69) is 10.0 Å². The normalized spacial score (nSPS) is 12.8. The Bertz CT molecular complexity index is 865. The second-order valence-electron chi connectivity index (χ2n) is 6.40. The number of hydrogen-bond donors (Lipinski definition) is 2. The Morgan fingerprint density at radius 1 is 1.04 bits per heavy atom. The highest BCUT2D eigenvalue weighted by molar-refractivity contribution is 7.90. The van der Waals surface area contributed by atoms with Gasteiger partial charge in [0.05, 0.1) is 10.9 Å². The van der Waals surface area contributed by atoms with Crippen molar-refractivity contribution >= 4 is 21.6 Å². The van der Waals surface area contributed by atoms with Crippen LogP contribution in [-0.2, 0) is 10.0 Å². The molecular formula is C19H23FN2O3S. The van der Waals surface area contributed by atoms with Crippen LogP contribution in [0.3, 0.4) is 0 Å². The van der Waals surface area contributed by atoms with Gasteiger partial charge >= 0.3 is 0 Å². The summed E-state index contributed by atoms with van der Waals surface area (Å²) in [5, 5.41) is 2.04. The lowest BCUT2D eigenvalue weighted by atomic mass is 10.00. The third-order valence-corrected chi connectivity index (χ3v) is 5.89. The van der Waals surface area contributed by atoms with Gasteiger partial charge in [0.15, 0.2) is 0 Å². The topological polar surface area (TPSA) is 75.3 Å². The Labute approximate surface area is 153 Å². The van der Waals surface area contributed by atoms with E-state index in [4.69, 9.17) is 0 Å². The van der Waals surface area contributed by atoms with Crippen molar-refractivity contribution in [2.24, 2.45) is 0 Å². The summed E-state index contributed by atoms with van der Waals surface area (Å²) in [6.45, 7) is 5.42. The maximum Gasteiger partial charge on any atom is 0.255 e. The molecule has 5 nitrogen and oxygen atoms in total. The monoisotopic (exact) mass is 378 g/mol. The van der Waals surface area contributed by atoms with E-state index in [-0.39, 0.29) is 18.2 Å².